The summed E-state index contributed by atoms with van der Waals surface area (Å²) in [5, 5.41) is 2.72. The zero-order valence-electron chi connectivity index (χ0n) is 15.3. The van der Waals surface area contributed by atoms with Crippen LogP contribution in [0, 0.1) is 0 Å². The highest BCUT2D eigenvalue weighted by molar-refractivity contribution is 6.08. The Morgan fingerprint density at radius 2 is 1.48 bits per heavy atom. The number of hydrogen-bond acceptors (Lipinski definition) is 3. The summed E-state index contributed by atoms with van der Waals surface area (Å²) in [4.78, 5) is 24.2. The van der Waals surface area contributed by atoms with E-state index in [0.29, 0.717) is 27.9 Å². The van der Waals surface area contributed by atoms with E-state index in [0.717, 1.165) is 12.1 Å². The molecule has 0 fully saturated rings. The van der Waals surface area contributed by atoms with Gasteiger partial charge in [-0.2, -0.15) is 13.2 Å². The van der Waals surface area contributed by atoms with E-state index in [1.807, 2.05) is 0 Å². The highest BCUT2D eigenvalue weighted by atomic mass is 19.4. The average molecular weight is 399 g/mol. The molecule has 0 aliphatic carbocycles. The van der Waals surface area contributed by atoms with E-state index in [1.54, 1.807) is 36.4 Å². The molecule has 0 saturated heterocycles. The Kier molecular flexibility index (Phi) is 5.68. The molecule has 0 aromatic heterocycles. The number of carbonyl (C=O) groups is 2. The number of nitrogens with one attached hydrogen (secondary N) is 1. The van der Waals surface area contributed by atoms with Crippen molar-refractivity contribution in [1.29, 1.82) is 0 Å². The molecule has 0 heterocycles. The Morgan fingerprint density at radius 1 is 0.862 bits per heavy atom. The molecule has 0 saturated carbocycles. The Bertz CT molecular complexity index is 1030. The molecular weight excluding hydrogens is 383 g/mol. The van der Waals surface area contributed by atoms with Crippen LogP contribution < -0.4 is 5.32 Å². The number of halogens is 3. The molecule has 0 spiro atoms. The van der Waals surface area contributed by atoms with Gasteiger partial charge in [0.05, 0.1) is 18.2 Å². The summed E-state index contributed by atoms with van der Waals surface area (Å²) >= 11 is 0. The molecule has 0 aliphatic heterocycles. The molecule has 4 nitrogen and oxygen atoms in total. The number of ether oxygens (including phenoxy) is 1. The van der Waals surface area contributed by atoms with Gasteiger partial charge < -0.3 is 10.1 Å². The molecule has 3 aromatic carbocycles. The molecule has 148 valence electrons. The topological polar surface area (TPSA) is 55.4 Å². The number of esters is 1. The van der Waals surface area contributed by atoms with Crippen LogP contribution in [0.1, 0.15) is 26.3 Å². The molecule has 7 heteroatoms. The van der Waals surface area contributed by atoms with Crippen molar-refractivity contribution < 1.29 is 27.5 Å². The molecular formula is C22H16F3NO3. The number of benzene rings is 3. The molecule has 3 rings (SSSR count). The monoisotopic (exact) mass is 399 g/mol. The molecule has 0 radical (unpaired) electrons. The average Bonchev–Trinajstić information content (AvgIpc) is 2.73. The van der Waals surface area contributed by atoms with Gasteiger partial charge in [-0.3, -0.25) is 4.79 Å². The van der Waals surface area contributed by atoms with Crippen molar-refractivity contribution >= 4 is 17.6 Å². The first-order chi connectivity index (χ1) is 13.8. The van der Waals surface area contributed by atoms with Crippen LogP contribution in [0.3, 0.4) is 0 Å². The maximum absolute atomic E-state index is 12.8. The van der Waals surface area contributed by atoms with E-state index in [-0.39, 0.29) is 0 Å². The third kappa shape index (κ3) is 4.63. The van der Waals surface area contributed by atoms with Gasteiger partial charge in [-0.15, -0.1) is 0 Å². The molecule has 0 bridgehead atoms. The number of amides is 1. The van der Waals surface area contributed by atoms with E-state index in [2.05, 4.69) is 10.1 Å². The van der Waals surface area contributed by atoms with Gasteiger partial charge in [0.25, 0.3) is 5.91 Å². The predicted octanol–water partition coefficient (Wildman–Crippen LogP) is 5.41. The minimum atomic E-state index is -4.42. The van der Waals surface area contributed by atoms with Gasteiger partial charge >= 0.3 is 12.1 Å². The molecule has 0 atom stereocenters. The minimum Gasteiger partial charge on any atom is -0.465 e. The van der Waals surface area contributed by atoms with Gasteiger partial charge in [-0.25, -0.2) is 4.79 Å². The smallest absolute Gasteiger partial charge is 0.416 e. The SMILES string of the molecule is COC(=O)c1ccc(NC(=O)c2ccccc2-c2ccc(C(F)(F)F)cc2)cc1. The Hall–Kier alpha value is -3.61. The van der Waals surface area contributed by atoms with E-state index in [9.17, 15) is 22.8 Å². The van der Waals surface area contributed by atoms with Crippen molar-refractivity contribution in [1.82, 2.24) is 0 Å². The van der Waals surface area contributed by atoms with Crippen LogP contribution in [-0.2, 0) is 10.9 Å². The van der Waals surface area contributed by atoms with Gasteiger partial charge in [0.2, 0.25) is 0 Å². The number of hydrogen-bond donors (Lipinski definition) is 1. The van der Waals surface area contributed by atoms with Gasteiger partial charge in [-0.1, -0.05) is 30.3 Å². The first-order valence-electron chi connectivity index (χ1n) is 8.56. The number of alkyl halides is 3. The highest BCUT2D eigenvalue weighted by Crippen LogP contribution is 2.32. The predicted molar refractivity (Wildman–Crippen MR) is 103 cm³/mol. The van der Waals surface area contributed by atoms with Gasteiger partial charge in [0.15, 0.2) is 0 Å². The van der Waals surface area contributed by atoms with E-state index in [4.69, 9.17) is 0 Å². The zero-order chi connectivity index (χ0) is 21.0. The van der Waals surface area contributed by atoms with Crippen molar-refractivity contribution in [2.75, 3.05) is 12.4 Å². The molecule has 29 heavy (non-hydrogen) atoms. The lowest BCUT2D eigenvalue weighted by atomic mass is 9.98. The van der Waals surface area contributed by atoms with Gasteiger partial charge in [0, 0.05) is 11.3 Å². The maximum Gasteiger partial charge on any atom is 0.416 e. The Labute approximate surface area is 164 Å². The Morgan fingerprint density at radius 3 is 2.07 bits per heavy atom. The summed E-state index contributed by atoms with van der Waals surface area (Å²) < 4.78 is 43.0. The summed E-state index contributed by atoms with van der Waals surface area (Å²) in [6.45, 7) is 0. The van der Waals surface area contributed by atoms with Crippen LogP contribution >= 0.6 is 0 Å². The molecule has 3 aromatic rings. The second-order valence-corrected chi connectivity index (χ2v) is 6.14. The minimum absolute atomic E-state index is 0.310. The van der Waals surface area contributed by atoms with Crippen molar-refractivity contribution in [3.63, 3.8) is 0 Å². The van der Waals surface area contributed by atoms with Crippen molar-refractivity contribution in [2.45, 2.75) is 6.18 Å². The third-order valence-corrected chi connectivity index (χ3v) is 4.26. The first-order valence-corrected chi connectivity index (χ1v) is 8.56. The number of rotatable bonds is 4. The normalized spacial score (nSPS) is 11.0. The summed E-state index contributed by atoms with van der Waals surface area (Å²) in [6, 6.07) is 17.4. The largest absolute Gasteiger partial charge is 0.465 e. The van der Waals surface area contributed by atoms with Crippen LogP contribution in [-0.4, -0.2) is 19.0 Å². The van der Waals surface area contributed by atoms with Gasteiger partial charge in [-0.05, 0) is 53.6 Å². The van der Waals surface area contributed by atoms with Crippen molar-refractivity contribution in [2.24, 2.45) is 0 Å². The highest BCUT2D eigenvalue weighted by Gasteiger charge is 2.30. The maximum atomic E-state index is 12.8. The molecule has 0 unspecified atom stereocenters. The van der Waals surface area contributed by atoms with Crippen LogP contribution in [0.4, 0.5) is 18.9 Å². The number of carbonyl (C=O) groups excluding carboxylic acids is 2. The van der Waals surface area contributed by atoms with E-state index in [1.165, 1.54) is 31.4 Å². The first kappa shape index (κ1) is 20.1. The number of methoxy groups -OCH3 is 1. The van der Waals surface area contributed by atoms with Crippen LogP contribution in [0.5, 0.6) is 0 Å². The van der Waals surface area contributed by atoms with E-state index < -0.39 is 23.6 Å². The van der Waals surface area contributed by atoms with Gasteiger partial charge in [0.1, 0.15) is 0 Å². The summed E-state index contributed by atoms with van der Waals surface area (Å²) in [5.74, 6) is -0.915. The zero-order valence-corrected chi connectivity index (χ0v) is 15.3. The third-order valence-electron chi connectivity index (χ3n) is 4.26. The molecule has 0 aliphatic rings. The molecule has 1 amide bonds. The fraction of sp³-hybridized carbons (Fsp3) is 0.0909. The second kappa shape index (κ2) is 8.18. The number of anilines is 1. The summed E-state index contributed by atoms with van der Waals surface area (Å²) in [5.41, 5.74) is 1.36. The summed E-state index contributed by atoms with van der Waals surface area (Å²) in [7, 11) is 1.27. The fourth-order valence-corrected chi connectivity index (χ4v) is 2.78. The quantitative estimate of drug-likeness (QED) is 0.597. The lowest BCUT2D eigenvalue weighted by molar-refractivity contribution is -0.137. The lowest BCUT2D eigenvalue weighted by Gasteiger charge is -2.12. The lowest BCUT2D eigenvalue weighted by Crippen LogP contribution is -2.13. The van der Waals surface area contributed by atoms with Crippen LogP contribution in [0.15, 0.2) is 72.8 Å². The fourth-order valence-electron chi connectivity index (χ4n) is 2.78. The summed E-state index contributed by atoms with van der Waals surface area (Å²) in [6.07, 6.45) is -4.42. The van der Waals surface area contributed by atoms with Crippen molar-refractivity contribution in [3.05, 3.63) is 89.5 Å². The Balaban J connectivity index is 1.85. The van der Waals surface area contributed by atoms with Crippen LogP contribution in [0.2, 0.25) is 0 Å². The molecule has 1 N–H and O–H groups in total. The van der Waals surface area contributed by atoms with E-state index >= 15 is 0 Å². The van der Waals surface area contributed by atoms with Crippen molar-refractivity contribution in [3.8, 4) is 11.1 Å². The van der Waals surface area contributed by atoms with Crippen LogP contribution in [0.25, 0.3) is 11.1 Å². The standard InChI is InChI=1S/C22H16F3NO3/c1-29-21(28)15-8-12-17(13-9-15)26-20(27)19-5-3-2-4-18(19)14-6-10-16(11-7-14)22(23,24)25/h2-13H,1H3,(H,26,27). The second-order valence-electron chi connectivity index (χ2n) is 6.14.